The maximum absolute atomic E-state index is 11.8. The van der Waals surface area contributed by atoms with Crippen molar-refractivity contribution in [1.82, 2.24) is 5.32 Å². The Morgan fingerprint density at radius 2 is 1.52 bits per heavy atom. The standard InChI is InChI=1S/C14H25NO5.H2S/c1-8(2)13(11(6)16)15-12(17)7-10(5)20-14(18)19-9(3)4;/h8-10,13H,7H2,1-6H3,(H,15,17);1H2. The lowest BCUT2D eigenvalue weighted by Gasteiger charge is -2.20. The summed E-state index contributed by atoms with van der Waals surface area (Å²) in [4.78, 5) is 34.4. The van der Waals surface area contributed by atoms with Gasteiger partial charge in [0.2, 0.25) is 5.91 Å². The van der Waals surface area contributed by atoms with E-state index in [4.69, 9.17) is 9.47 Å². The van der Waals surface area contributed by atoms with E-state index in [-0.39, 0.29) is 43.6 Å². The minimum Gasteiger partial charge on any atom is -0.432 e. The minimum absolute atomic E-state index is 0. The first-order valence-electron chi connectivity index (χ1n) is 6.80. The van der Waals surface area contributed by atoms with Crippen molar-refractivity contribution in [3.63, 3.8) is 0 Å². The van der Waals surface area contributed by atoms with Crippen LogP contribution in [-0.2, 0) is 19.1 Å². The lowest BCUT2D eigenvalue weighted by molar-refractivity contribution is -0.129. The lowest BCUT2D eigenvalue weighted by Crippen LogP contribution is -2.44. The Bertz CT molecular complexity index is 357. The van der Waals surface area contributed by atoms with Crippen molar-refractivity contribution in [3.05, 3.63) is 0 Å². The molecule has 0 fully saturated rings. The third-order valence-electron chi connectivity index (χ3n) is 2.52. The van der Waals surface area contributed by atoms with Crippen molar-refractivity contribution in [2.75, 3.05) is 0 Å². The molecule has 2 unspecified atom stereocenters. The quantitative estimate of drug-likeness (QED) is 0.727. The molecule has 0 spiro atoms. The summed E-state index contributed by atoms with van der Waals surface area (Å²) in [6.07, 6.45) is -1.69. The van der Waals surface area contributed by atoms with E-state index >= 15 is 0 Å². The topological polar surface area (TPSA) is 81.7 Å². The molecule has 7 heteroatoms. The molecule has 6 nitrogen and oxygen atoms in total. The van der Waals surface area contributed by atoms with Gasteiger partial charge in [-0.05, 0) is 33.6 Å². The molecule has 2 atom stereocenters. The maximum atomic E-state index is 11.8. The summed E-state index contributed by atoms with van der Waals surface area (Å²) in [5.74, 6) is -0.413. The van der Waals surface area contributed by atoms with Crippen LogP contribution in [0.25, 0.3) is 0 Å². The number of hydrogen-bond acceptors (Lipinski definition) is 5. The number of carbonyl (C=O) groups excluding carboxylic acids is 3. The van der Waals surface area contributed by atoms with E-state index in [1.165, 1.54) is 6.92 Å². The van der Waals surface area contributed by atoms with Gasteiger partial charge in [0, 0.05) is 0 Å². The number of nitrogens with one attached hydrogen (secondary N) is 1. The van der Waals surface area contributed by atoms with Crippen LogP contribution in [0.15, 0.2) is 0 Å². The fourth-order valence-corrected chi connectivity index (χ4v) is 1.66. The lowest BCUT2D eigenvalue weighted by atomic mass is 10.0. The molecule has 0 aliphatic rings. The van der Waals surface area contributed by atoms with Gasteiger partial charge in [-0.3, -0.25) is 9.59 Å². The van der Waals surface area contributed by atoms with Crippen molar-refractivity contribution < 1.29 is 23.9 Å². The largest absolute Gasteiger partial charge is 0.508 e. The summed E-state index contributed by atoms with van der Waals surface area (Å²) < 4.78 is 9.74. The molecule has 21 heavy (non-hydrogen) atoms. The number of carbonyl (C=O) groups is 3. The van der Waals surface area contributed by atoms with Gasteiger partial charge in [0.25, 0.3) is 0 Å². The van der Waals surface area contributed by atoms with Gasteiger partial charge in [-0.25, -0.2) is 4.79 Å². The Kier molecular flexibility index (Phi) is 11.0. The molecule has 1 N–H and O–H groups in total. The molecule has 1 amide bonds. The van der Waals surface area contributed by atoms with Gasteiger partial charge >= 0.3 is 6.16 Å². The third kappa shape index (κ3) is 10.2. The first kappa shape index (κ1) is 22.0. The van der Waals surface area contributed by atoms with E-state index in [1.807, 2.05) is 13.8 Å². The second kappa shape index (κ2) is 10.5. The Hall–Kier alpha value is -1.24. The SMILES string of the molecule is CC(=O)C(NC(=O)CC(C)OC(=O)OC(C)C)C(C)C.S. The van der Waals surface area contributed by atoms with Crippen molar-refractivity contribution in [1.29, 1.82) is 0 Å². The van der Waals surface area contributed by atoms with Gasteiger partial charge in [0.05, 0.1) is 18.6 Å². The molecule has 0 saturated heterocycles. The Morgan fingerprint density at radius 1 is 1.00 bits per heavy atom. The number of amides is 1. The smallest absolute Gasteiger partial charge is 0.432 e. The summed E-state index contributed by atoms with van der Waals surface area (Å²) >= 11 is 0. The molecule has 0 radical (unpaired) electrons. The van der Waals surface area contributed by atoms with Crippen LogP contribution in [0.3, 0.4) is 0 Å². The molecule has 0 aromatic rings. The van der Waals surface area contributed by atoms with Crippen molar-refractivity contribution in [2.45, 2.75) is 66.2 Å². The average molecular weight is 321 g/mol. The number of Topliss-reactive ketones (excluding diaryl/α,β-unsaturated/α-hetero) is 1. The van der Waals surface area contributed by atoms with Crippen LogP contribution in [-0.4, -0.2) is 36.1 Å². The number of ketones is 1. The van der Waals surface area contributed by atoms with Gasteiger partial charge in [-0.2, -0.15) is 13.5 Å². The predicted molar refractivity (Wildman–Crippen MR) is 84.6 cm³/mol. The summed E-state index contributed by atoms with van der Waals surface area (Å²) in [5.41, 5.74) is 0. The van der Waals surface area contributed by atoms with E-state index in [2.05, 4.69) is 5.32 Å². The molecule has 0 aromatic carbocycles. The van der Waals surface area contributed by atoms with Crippen LogP contribution >= 0.6 is 13.5 Å². The Morgan fingerprint density at radius 3 is 1.90 bits per heavy atom. The fraction of sp³-hybridized carbons (Fsp3) is 0.786. The molecular weight excluding hydrogens is 294 g/mol. The van der Waals surface area contributed by atoms with E-state index in [1.54, 1.807) is 20.8 Å². The molecule has 0 heterocycles. The van der Waals surface area contributed by atoms with Crippen LogP contribution in [0.4, 0.5) is 4.79 Å². The molecule has 0 aliphatic carbocycles. The first-order valence-corrected chi connectivity index (χ1v) is 6.80. The molecular formula is C14H27NO5S. The van der Waals surface area contributed by atoms with Gasteiger partial charge in [-0.15, -0.1) is 0 Å². The third-order valence-corrected chi connectivity index (χ3v) is 2.52. The minimum atomic E-state index is -0.799. The van der Waals surface area contributed by atoms with Crippen molar-refractivity contribution in [3.8, 4) is 0 Å². The van der Waals surface area contributed by atoms with Crippen LogP contribution < -0.4 is 5.32 Å². The first-order chi connectivity index (χ1) is 9.13. The highest BCUT2D eigenvalue weighted by atomic mass is 32.1. The fourth-order valence-electron chi connectivity index (χ4n) is 1.66. The second-order valence-electron chi connectivity index (χ2n) is 5.45. The zero-order chi connectivity index (χ0) is 15.9. The second-order valence-corrected chi connectivity index (χ2v) is 5.45. The normalized spacial score (nSPS) is 13.1. The van der Waals surface area contributed by atoms with Crippen LogP contribution in [0.1, 0.15) is 48.0 Å². The molecule has 124 valence electrons. The van der Waals surface area contributed by atoms with Gasteiger partial charge in [0.1, 0.15) is 6.10 Å². The molecule has 0 aromatic heterocycles. The van der Waals surface area contributed by atoms with Crippen molar-refractivity contribution in [2.24, 2.45) is 5.92 Å². The molecule has 0 saturated carbocycles. The highest BCUT2D eigenvalue weighted by Gasteiger charge is 2.22. The Balaban J connectivity index is 0. The zero-order valence-electron chi connectivity index (χ0n) is 13.6. The summed E-state index contributed by atoms with van der Waals surface area (Å²) in [7, 11) is 0. The summed E-state index contributed by atoms with van der Waals surface area (Å²) in [6.45, 7) is 10.2. The highest BCUT2D eigenvalue weighted by molar-refractivity contribution is 7.59. The molecule has 0 aliphatic heterocycles. The van der Waals surface area contributed by atoms with Crippen LogP contribution in [0.5, 0.6) is 0 Å². The van der Waals surface area contributed by atoms with Crippen molar-refractivity contribution >= 4 is 31.3 Å². The van der Waals surface area contributed by atoms with E-state index in [9.17, 15) is 14.4 Å². The monoisotopic (exact) mass is 321 g/mol. The highest BCUT2D eigenvalue weighted by Crippen LogP contribution is 2.06. The van der Waals surface area contributed by atoms with E-state index in [0.29, 0.717) is 0 Å². The number of rotatable bonds is 7. The molecule has 0 rings (SSSR count). The number of ether oxygens (including phenoxy) is 2. The summed E-state index contributed by atoms with van der Waals surface area (Å²) in [5, 5.41) is 2.64. The Labute approximate surface area is 133 Å². The van der Waals surface area contributed by atoms with E-state index < -0.39 is 18.3 Å². The van der Waals surface area contributed by atoms with Gasteiger partial charge in [0.15, 0.2) is 5.78 Å². The molecule has 0 bridgehead atoms. The van der Waals surface area contributed by atoms with Gasteiger partial charge < -0.3 is 14.8 Å². The average Bonchev–Trinajstić information content (AvgIpc) is 2.22. The maximum Gasteiger partial charge on any atom is 0.508 e. The van der Waals surface area contributed by atoms with Crippen LogP contribution in [0, 0.1) is 5.92 Å². The van der Waals surface area contributed by atoms with E-state index in [0.717, 1.165) is 0 Å². The predicted octanol–water partition coefficient (Wildman–Crippen LogP) is 2.17. The number of hydrogen-bond donors (Lipinski definition) is 1. The van der Waals surface area contributed by atoms with Crippen LogP contribution in [0.2, 0.25) is 0 Å². The van der Waals surface area contributed by atoms with Gasteiger partial charge in [-0.1, -0.05) is 13.8 Å². The summed E-state index contributed by atoms with van der Waals surface area (Å²) in [6, 6.07) is -0.516. The zero-order valence-corrected chi connectivity index (χ0v) is 14.6.